The molecule has 3 heterocycles. The molecule has 7 nitrogen and oxygen atoms in total. The van der Waals surface area contributed by atoms with Crippen LogP contribution in [0.2, 0.25) is 0 Å². The quantitative estimate of drug-likeness (QED) is 0.577. The number of aromatic nitrogens is 1. The number of carbonyl (C=O) groups excluding carboxylic acids is 1. The maximum Gasteiger partial charge on any atom is 0.295 e. The lowest BCUT2D eigenvalue weighted by molar-refractivity contribution is -0.00186. The molecule has 1 aromatic rings. The standard InChI is InChI=1S/C23H30FN3O4/c1-2-3-6-14(7-5-11-24)13-26-12-10-16-17(22(26)30)19(28)23(31)27-18(16)21(29)25-20(27)15-8-4-9-15/h5-7,15,20,22,28,30H,2-4,8-13H2,1H3,(H,25,29)/b7-5-,14-6+. The Bertz CT molecular complexity index is 980. The predicted molar refractivity (Wildman–Crippen MR) is 115 cm³/mol. The number of hydrogen-bond donors (Lipinski definition) is 3. The number of aliphatic hydroxyl groups is 1. The number of halogens is 1. The van der Waals surface area contributed by atoms with E-state index in [9.17, 15) is 24.2 Å². The first-order valence-electron chi connectivity index (χ1n) is 11.1. The van der Waals surface area contributed by atoms with E-state index in [2.05, 4.69) is 5.32 Å². The molecule has 0 spiro atoms. The lowest BCUT2D eigenvalue weighted by atomic mass is 9.83. The minimum atomic E-state index is -1.22. The van der Waals surface area contributed by atoms with Crippen LogP contribution in [-0.4, -0.2) is 45.4 Å². The number of nitrogens with zero attached hydrogens (tertiary/aromatic N) is 2. The Balaban J connectivity index is 1.68. The molecule has 168 valence electrons. The van der Waals surface area contributed by atoms with Gasteiger partial charge in [-0.15, -0.1) is 0 Å². The molecule has 0 radical (unpaired) electrons. The van der Waals surface area contributed by atoms with E-state index < -0.39 is 30.4 Å². The molecule has 2 unspecified atom stereocenters. The first kappa shape index (κ1) is 21.8. The van der Waals surface area contributed by atoms with Crippen molar-refractivity contribution >= 4 is 5.91 Å². The number of hydrogen-bond acceptors (Lipinski definition) is 5. The summed E-state index contributed by atoms with van der Waals surface area (Å²) in [5.41, 5.74) is 1.16. The maximum atomic E-state index is 13.0. The van der Waals surface area contributed by atoms with Gasteiger partial charge in [0.15, 0.2) is 5.75 Å². The first-order chi connectivity index (χ1) is 15.0. The summed E-state index contributed by atoms with van der Waals surface area (Å²) in [6, 6.07) is 0. The Morgan fingerprint density at radius 3 is 2.74 bits per heavy atom. The van der Waals surface area contributed by atoms with Crippen molar-refractivity contribution in [1.29, 1.82) is 0 Å². The number of carbonyl (C=O) groups is 1. The number of rotatable bonds is 7. The third-order valence-electron chi connectivity index (χ3n) is 6.65. The van der Waals surface area contributed by atoms with Crippen molar-refractivity contribution in [2.24, 2.45) is 5.92 Å². The molecule has 0 saturated heterocycles. The Kier molecular flexibility index (Phi) is 6.29. The molecule has 1 saturated carbocycles. The summed E-state index contributed by atoms with van der Waals surface area (Å²) in [6.07, 6.45) is 8.61. The molecular formula is C23H30FN3O4. The van der Waals surface area contributed by atoms with Crippen LogP contribution < -0.4 is 10.9 Å². The van der Waals surface area contributed by atoms with Gasteiger partial charge in [-0.25, -0.2) is 4.39 Å². The lowest BCUT2D eigenvalue weighted by Gasteiger charge is -2.36. The Morgan fingerprint density at radius 1 is 1.32 bits per heavy atom. The molecular weight excluding hydrogens is 401 g/mol. The third-order valence-corrected chi connectivity index (χ3v) is 6.65. The van der Waals surface area contributed by atoms with Crippen molar-refractivity contribution in [1.82, 2.24) is 14.8 Å². The molecule has 1 aliphatic carbocycles. The van der Waals surface area contributed by atoms with Crippen molar-refractivity contribution in [3.05, 3.63) is 51.0 Å². The van der Waals surface area contributed by atoms with Crippen molar-refractivity contribution < 1.29 is 19.4 Å². The normalized spacial score (nSPS) is 24.2. The summed E-state index contributed by atoms with van der Waals surface area (Å²) in [6.45, 7) is 2.28. The van der Waals surface area contributed by atoms with Crippen molar-refractivity contribution in [2.45, 2.75) is 57.8 Å². The zero-order valence-electron chi connectivity index (χ0n) is 17.8. The van der Waals surface area contributed by atoms with Crippen LogP contribution in [0.4, 0.5) is 4.39 Å². The summed E-state index contributed by atoms with van der Waals surface area (Å²) >= 11 is 0. The number of amides is 1. The number of aromatic hydroxyl groups is 1. The van der Waals surface area contributed by atoms with E-state index in [1.165, 1.54) is 10.6 Å². The molecule has 4 rings (SSSR count). The Labute approximate surface area is 180 Å². The van der Waals surface area contributed by atoms with Crippen LogP contribution in [0.25, 0.3) is 0 Å². The fraction of sp³-hybridized carbons (Fsp3) is 0.565. The van der Waals surface area contributed by atoms with Crippen molar-refractivity contribution in [2.75, 3.05) is 19.8 Å². The van der Waals surface area contributed by atoms with Crippen LogP contribution in [0, 0.1) is 5.92 Å². The van der Waals surface area contributed by atoms with E-state index in [-0.39, 0.29) is 23.1 Å². The van der Waals surface area contributed by atoms with Crippen molar-refractivity contribution in [3.8, 4) is 5.75 Å². The fourth-order valence-corrected chi connectivity index (χ4v) is 4.81. The molecule has 3 N–H and O–H groups in total. The average molecular weight is 432 g/mol. The summed E-state index contributed by atoms with van der Waals surface area (Å²) in [4.78, 5) is 27.5. The number of pyridine rings is 1. The largest absolute Gasteiger partial charge is 0.503 e. The minimum Gasteiger partial charge on any atom is -0.503 e. The Morgan fingerprint density at radius 2 is 2.10 bits per heavy atom. The second kappa shape index (κ2) is 8.96. The van der Waals surface area contributed by atoms with Crippen LogP contribution in [0.1, 0.15) is 73.0 Å². The van der Waals surface area contributed by atoms with Crippen LogP contribution in [0.5, 0.6) is 5.75 Å². The van der Waals surface area contributed by atoms with Gasteiger partial charge >= 0.3 is 0 Å². The topological polar surface area (TPSA) is 94.8 Å². The van der Waals surface area contributed by atoms with Gasteiger partial charge in [-0.3, -0.25) is 19.1 Å². The third kappa shape index (κ3) is 3.83. The van der Waals surface area contributed by atoms with E-state index in [4.69, 9.17) is 0 Å². The molecule has 8 heteroatoms. The minimum absolute atomic E-state index is 0.122. The predicted octanol–water partition coefficient (Wildman–Crippen LogP) is 2.70. The summed E-state index contributed by atoms with van der Waals surface area (Å²) in [7, 11) is 0. The molecule has 0 bridgehead atoms. The average Bonchev–Trinajstić information content (AvgIpc) is 3.04. The number of alkyl halides is 1. The highest BCUT2D eigenvalue weighted by Gasteiger charge is 2.43. The van der Waals surface area contributed by atoms with Crippen LogP contribution >= 0.6 is 0 Å². The number of fused-ring (bicyclic) bond motifs is 3. The maximum absolute atomic E-state index is 13.0. The lowest BCUT2D eigenvalue weighted by Crippen LogP contribution is -2.40. The van der Waals surface area contributed by atoms with Crippen molar-refractivity contribution in [3.63, 3.8) is 0 Å². The zero-order valence-corrected chi connectivity index (χ0v) is 17.8. The van der Waals surface area contributed by atoms with Gasteiger partial charge in [-0.2, -0.15) is 0 Å². The van der Waals surface area contributed by atoms with E-state index in [0.717, 1.165) is 37.7 Å². The smallest absolute Gasteiger partial charge is 0.295 e. The van der Waals surface area contributed by atoms with E-state index in [0.29, 0.717) is 25.1 Å². The molecule has 1 fully saturated rings. The summed E-state index contributed by atoms with van der Waals surface area (Å²) in [5, 5.41) is 24.7. The Hall–Kier alpha value is -2.45. The van der Waals surface area contributed by atoms with Gasteiger partial charge in [0.05, 0.1) is 0 Å². The number of allylic oxidation sites excluding steroid dienone is 2. The number of aliphatic hydroxyl groups excluding tert-OH is 1. The van der Waals surface area contributed by atoms with Gasteiger partial charge in [0, 0.05) is 18.7 Å². The summed E-state index contributed by atoms with van der Waals surface area (Å²) < 4.78 is 14.0. The van der Waals surface area contributed by atoms with Crippen LogP contribution in [-0.2, 0) is 6.42 Å². The highest BCUT2D eigenvalue weighted by molar-refractivity contribution is 5.96. The SMILES string of the molecule is CCC/C=C(\C=C/CF)CN1CCc2c(c(O)c(=O)n3c2C(=O)NC3C2CCC2)C1O. The van der Waals surface area contributed by atoms with Gasteiger partial charge in [-0.1, -0.05) is 38.0 Å². The molecule has 0 aromatic carbocycles. The molecule has 3 aliphatic rings. The second-order valence-electron chi connectivity index (χ2n) is 8.59. The van der Waals surface area contributed by atoms with Gasteiger partial charge in [0.25, 0.3) is 11.5 Å². The van der Waals surface area contributed by atoms with Crippen LogP contribution in [0.3, 0.4) is 0 Å². The molecule has 1 aromatic heterocycles. The first-order valence-corrected chi connectivity index (χ1v) is 11.1. The van der Waals surface area contributed by atoms with E-state index in [1.807, 2.05) is 13.0 Å². The van der Waals surface area contributed by atoms with Gasteiger partial charge in [0.2, 0.25) is 0 Å². The van der Waals surface area contributed by atoms with Gasteiger partial charge in [-0.05, 0) is 42.7 Å². The monoisotopic (exact) mass is 431 g/mol. The highest BCUT2D eigenvalue weighted by atomic mass is 19.1. The van der Waals surface area contributed by atoms with Crippen LogP contribution in [0.15, 0.2) is 28.6 Å². The molecule has 2 atom stereocenters. The molecule has 2 aliphatic heterocycles. The number of unbranched alkanes of at least 4 members (excludes halogenated alkanes) is 1. The summed E-state index contributed by atoms with van der Waals surface area (Å²) in [5.74, 6) is -0.616. The number of nitrogens with one attached hydrogen (secondary N) is 1. The van der Waals surface area contributed by atoms with E-state index in [1.54, 1.807) is 11.0 Å². The highest BCUT2D eigenvalue weighted by Crippen LogP contribution is 2.41. The van der Waals surface area contributed by atoms with Gasteiger partial charge < -0.3 is 15.5 Å². The van der Waals surface area contributed by atoms with Gasteiger partial charge in [0.1, 0.15) is 24.8 Å². The zero-order chi connectivity index (χ0) is 22.1. The fourth-order valence-electron chi connectivity index (χ4n) is 4.81. The second-order valence-corrected chi connectivity index (χ2v) is 8.59. The molecule has 31 heavy (non-hydrogen) atoms. The van der Waals surface area contributed by atoms with E-state index >= 15 is 0 Å². The molecule has 1 amide bonds.